The Labute approximate surface area is 229 Å². The van der Waals surface area contributed by atoms with E-state index in [1.54, 1.807) is 18.2 Å². The Bertz CT molecular complexity index is 1400. The first-order valence-corrected chi connectivity index (χ1v) is 12.9. The van der Waals surface area contributed by atoms with Gasteiger partial charge >= 0.3 is 5.97 Å². The van der Waals surface area contributed by atoms with E-state index in [2.05, 4.69) is 43.1 Å². The summed E-state index contributed by atoms with van der Waals surface area (Å²) in [5.41, 5.74) is 3.83. The van der Waals surface area contributed by atoms with Crippen molar-refractivity contribution in [3.05, 3.63) is 89.2 Å². The van der Waals surface area contributed by atoms with Crippen LogP contribution in [-0.2, 0) is 10.2 Å². The number of carboxylic acid groups (broad SMARTS) is 1. The maximum atomic E-state index is 10.9. The topological polar surface area (TPSA) is 107 Å². The zero-order valence-corrected chi connectivity index (χ0v) is 23.2. The van der Waals surface area contributed by atoms with Gasteiger partial charge in [-0.25, -0.2) is 9.78 Å². The third-order valence-corrected chi connectivity index (χ3v) is 6.07. The van der Waals surface area contributed by atoms with Gasteiger partial charge in [-0.3, -0.25) is 5.10 Å². The number of hydrogen-bond acceptors (Lipinski definition) is 6. The fourth-order valence-corrected chi connectivity index (χ4v) is 4.05. The van der Waals surface area contributed by atoms with Gasteiger partial charge in [0.2, 0.25) is 0 Å². The third-order valence-electron chi connectivity index (χ3n) is 6.07. The molecule has 0 amide bonds. The van der Waals surface area contributed by atoms with Gasteiger partial charge in [0.15, 0.2) is 24.4 Å². The van der Waals surface area contributed by atoms with Crippen molar-refractivity contribution in [2.45, 2.75) is 59.2 Å². The summed E-state index contributed by atoms with van der Waals surface area (Å²) < 4.78 is 17.6. The second-order valence-corrected chi connectivity index (χ2v) is 10.7. The minimum absolute atomic E-state index is 0.0574. The van der Waals surface area contributed by atoms with Crippen LogP contribution in [0.1, 0.15) is 63.2 Å². The lowest BCUT2D eigenvalue weighted by atomic mass is 9.87. The molecule has 0 aliphatic rings. The minimum atomic E-state index is -1.03. The fourth-order valence-electron chi connectivity index (χ4n) is 4.05. The first kappa shape index (κ1) is 27.7. The van der Waals surface area contributed by atoms with Gasteiger partial charge in [-0.05, 0) is 67.6 Å². The number of carbonyl (C=O) groups is 1. The zero-order chi connectivity index (χ0) is 28.2. The van der Waals surface area contributed by atoms with Crippen molar-refractivity contribution in [1.82, 2.24) is 15.2 Å². The summed E-state index contributed by atoms with van der Waals surface area (Å²) in [6.45, 7) is 11.9. The van der Waals surface area contributed by atoms with Crippen LogP contribution in [0.5, 0.6) is 17.2 Å². The summed E-state index contributed by atoms with van der Waals surface area (Å²) in [5.74, 6) is 1.91. The van der Waals surface area contributed by atoms with Gasteiger partial charge in [0.25, 0.3) is 0 Å². The molecule has 8 nitrogen and oxygen atoms in total. The average Bonchev–Trinajstić information content (AvgIpc) is 3.36. The van der Waals surface area contributed by atoms with E-state index in [4.69, 9.17) is 24.3 Å². The first-order valence-electron chi connectivity index (χ1n) is 12.9. The van der Waals surface area contributed by atoms with Crippen LogP contribution < -0.4 is 14.2 Å². The SMILES string of the molecule is Cc1cc(OC(c2ccc(OC(C)C)cc2)c2n[nH]c(-c3ccc(C(C)(C)C)cc3)n2)ccc1OCC(=O)O. The number of hydrogen-bond donors (Lipinski definition) is 2. The molecular weight excluding hydrogens is 494 g/mol. The summed E-state index contributed by atoms with van der Waals surface area (Å²) in [6, 6.07) is 21.2. The molecule has 2 N–H and O–H groups in total. The van der Waals surface area contributed by atoms with E-state index in [0.29, 0.717) is 23.1 Å². The summed E-state index contributed by atoms with van der Waals surface area (Å²) in [6.07, 6.45) is -0.546. The van der Waals surface area contributed by atoms with Gasteiger partial charge in [-0.2, -0.15) is 5.10 Å². The van der Waals surface area contributed by atoms with Crippen LogP contribution in [0.3, 0.4) is 0 Å². The number of rotatable bonds is 10. The van der Waals surface area contributed by atoms with Crippen LogP contribution in [0.2, 0.25) is 0 Å². The van der Waals surface area contributed by atoms with Crippen molar-refractivity contribution < 1.29 is 24.1 Å². The number of benzene rings is 3. The highest BCUT2D eigenvalue weighted by Crippen LogP contribution is 2.32. The molecule has 0 aliphatic carbocycles. The third kappa shape index (κ3) is 7.16. The number of aliphatic carboxylic acids is 1. The average molecular weight is 530 g/mol. The van der Waals surface area contributed by atoms with Crippen molar-refractivity contribution in [2.75, 3.05) is 6.61 Å². The van der Waals surface area contributed by atoms with E-state index in [9.17, 15) is 4.79 Å². The minimum Gasteiger partial charge on any atom is -0.491 e. The molecule has 3 aromatic carbocycles. The van der Waals surface area contributed by atoms with Gasteiger partial charge in [0, 0.05) is 11.1 Å². The molecule has 0 saturated heterocycles. The molecule has 1 unspecified atom stereocenters. The van der Waals surface area contributed by atoms with Crippen molar-refractivity contribution >= 4 is 5.97 Å². The van der Waals surface area contributed by atoms with Gasteiger partial charge in [-0.1, -0.05) is 57.2 Å². The lowest BCUT2D eigenvalue weighted by molar-refractivity contribution is -0.139. The van der Waals surface area contributed by atoms with Crippen molar-refractivity contribution in [2.24, 2.45) is 0 Å². The van der Waals surface area contributed by atoms with Gasteiger partial charge in [-0.15, -0.1) is 0 Å². The molecule has 0 fully saturated rings. The molecule has 0 saturated carbocycles. The van der Waals surface area contributed by atoms with E-state index in [0.717, 1.165) is 22.4 Å². The molecule has 1 aromatic heterocycles. The maximum absolute atomic E-state index is 10.9. The van der Waals surface area contributed by atoms with E-state index >= 15 is 0 Å². The van der Waals surface area contributed by atoms with Crippen LogP contribution in [0, 0.1) is 6.92 Å². The largest absolute Gasteiger partial charge is 0.491 e. The smallest absolute Gasteiger partial charge is 0.341 e. The number of aromatic amines is 1. The molecule has 8 heteroatoms. The second kappa shape index (κ2) is 11.6. The van der Waals surface area contributed by atoms with Crippen molar-refractivity contribution in [3.63, 3.8) is 0 Å². The number of nitrogens with one attached hydrogen (secondary N) is 1. The highest BCUT2D eigenvalue weighted by atomic mass is 16.5. The molecule has 0 bridgehead atoms. The molecule has 0 spiro atoms. The quantitative estimate of drug-likeness (QED) is 0.242. The summed E-state index contributed by atoms with van der Waals surface area (Å²) >= 11 is 0. The highest BCUT2D eigenvalue weighted by Gasteiger charge is 2.23. The van der Waals surface area contributed by atoms with Gasteiger partial charge < -0.3 is 19.3 Å². The maximum Gasteiger partial charge on any atom is 0.341 e. The van der Waals surface area contributed by atoms with Crippen LogP contribution >= 0.6 is 0 Å². The lowest BCUT2D eigenvalue weighted by Gasteiger charge is -2.19. The van der Waals surface area contributed by atoms with Crippen LogP contribution in [0.25, 0.3) is 11.4 Å². The van der Waals surface area contributed by atoms with Crippen LogP contribution in [0.15, 0.2) is 66.7 Å². The lowest BCUT2D eigenvalue weighted by Crippen LogP contribution is -2.13. The second-order valence-electron chi connectivity index (χ2n) is 10.7. The Balaban J connectivity index is 1.64. The predicted molar refractivity (Wildman–Crippen MR) is 150 cm³/mol. The van der Waals surface area contributed by atoms with Gasteiger partial charge in [0.05, 0.1) is 6.10 Å². The molecular formula is C31H35N3O5. The van der Waals surface area contributed by atoms with Gasteiger partial charge in [0.1, 0.15) is 17.2 Å². The Morgan fingerprint density at radius 2 is 1.62 bits per heavy atom. The van der Waals surface area contributed by atoms with E-state index in [1.165, 1.54) is 5.56 Å². The standard InChI is InChI=1S/C31H35N3O5/c1-19(2)38-24-13-9-21(10-14-24)28(39-25-15-16-26(20(3)17-25)37-18-27(35)36)30-32-29(33-34-30)22-7-11-23(12-8-22)31(4,5)6/h7-17,19,28H,18H2,1-6H3,(H,35,36)(H,32,33,34). The van der Waals surface area contributed by atoms with E-state index in [-0.39, 0.29) is 11.5 Å². The molecule has 204 valence electrons. The number of carboxylic acids is 1. The molecule has 4 rings (SSSR count). The highest BCUT2D eigenvalue weighted by molar-refractivity contribution is 5.68. The molecule has 1 atom stereocenters. The monoisotopic (exact) mass is 529 g/mol. The Morgan fingerprint density at radius 3 is 2.21 bits per heavy atom. The van der Waals surface area contributed by atoms with E-state index < -0.39 is 18.7 Å². The Morgan fingerprint density at radius 1 is 0.949 bits per heavy atom. The number of aryl methyl sites for hydroxylation is 1. The van der Waals surface area contributed by atoms with Crippen LogP contribution in [-0.4, -0.2) is 39.0 Å². The summed E-state index contributed by atoms with van der Waals surface area (Å²) in [4.78, 5) is 15.7. The number of H-pyrrole nitrogens is 1. The molecule has 0 radical (unpaired) electrons. The number of ether oxygens (including phenoxy) is 3. The zero-order valence-electron chi connectivity index (χ0n) is 23.2. The number of nitrogens with zero attached hydrogens (tertiary/aromatic N) is 2. The summed E-state index contributed by atoms with van der Waals surface area (Å²) in [5, 5.41) is 16.5. The Kier molecular flexibility index (Phi) is 8.24. The molecule has 4 aromatic rings. The normalized spacial score (nSPS) is 12.3. The number of aromatic nitrogens is 3. The first-order chi connectivity index (χ1) is 18.5. The predicted octanol–water partition coefficient (Wildman–Crippen LogP) is 6.50. The van der Waals surface area contributed by atoms with Crippen molar-refractivity contribution in [3.8, 4) is 28.6 Å². The summed E-state index contributed by atoms with van der Waals surface area (Å²) in [7, 11) is 0. The Hall–Kier alpha value is -4.33. The van der Waals surface area contributed by atoms with Crippen LogP contribution in [0.4, 0.5) is 0 Å². The molecule has 39 heavy (non-hydrogen) atoms. The molecule has 1 heterocycles. The van der Waals surface area contributed by atoms with E-state index in [1.807, 2.05) is 57.2 Å². The molecule has 0 aliphatic heterocycles. The van der Waals surface area contributed by atoms with Crippen molar-refractivity contribution in [1.29, 1.82) is 0 Å². The fraction of sp³-hybridized carbons (Fsp3) is 0.323.